The van der Waals surface area contributed by atoms with Crippen LogP contribution >= 0.6 is 0 Å². The van der Waals surface area contributed by atoms with Crippen molar-refractivity contribution in [3.8, 4) is 0 Å². The van der Waals surface area contributed by atoms with Gasteiger partial charge in [-0.3, -0.25) is 4.79 Å². The van der Waals surface area contributed by atoms with Crippen molar-refractivity contribution in [2.45, 2.75) is 71.6 Å². The minimum Gasteiger partial charge on any atom is -0.458 e. The summed E-state index contributed by atoms with van der Waals surface area (Å²) in [6.07, 6.45) is 1.38. The number of hydrogen-bond donors (Lipinski definition) is 2. The molecule has 0 fully saturated rings. The van der Waals surface area contributed by atoms with Crippen LogP contribution in [-0.4, -0.2) is 36.2 Å². The van der Waals surface area contributed by atoms with E-state index in [1.807, 2.05) is 37.3 Å². The molecular formula is C21H32N2O5. The summed E-state index contributed by atoms with van der Waals surface area (Å²) in [5, 5.41) is 5.31. The van der Waals surface area contributed by atoms with Gasteiger partial charge < -0.3 is 20.1 Å². The first-order valence-electron chi connectivity index (χ1n) is 9.68. The Morgan fingerprint density at radius 1 is 1.11 bits per heavy atom. The van der Waals surface area contributed by atoms with Crippen LogP contribution in [0.1, 0.15) is 58.9 Å². The highest BCUT2D eigenvalue weighted by atomic mass is 16.6. The Labute approximate surface area is 167 Å². The maximum Gasteiger partial charge on any atom is 0.408 e. The van der Waals surface area contributed by atoms with Gasteiger partial charge in [0.15, 0.2) is 0 Å². The number of hydrogen-bond acceptors (Lipinski definition) is 5. The number of ether oxygens (including phenoxy) is 2. The van der Waals surface area contributed by atoms with E-state index in [1.54, 1.807) is 20.8 Å². The lowest BCUT2D eigenvalue weighted by molar-refractivity contribution is -0.157. The number of alkyl carbamates (subject to hydrolysis) is 1. The van der Waals surface area contributed by atoms with Gasteiger partial charge in [0.25, 0.3) is 0 Å². The van der Waals surface area contributed by atoms with Crippen LogP contribution in [0, 0.1) is 0 Å². The molecule has 1 aromatic rings. The Morgan fingerprint density at radius 2 is 1.79 bits per heavy atom. The Hall–Kier alpha value is -2.57. The highest BCUT2D eigenvalue weighted by molar-refractivity contribution is 5.83. The summed E-state index contributed by atoms with van der Waals surface area (Å²) in [6, 6.07) is 8.26. The van der Waals surface area contributed by atoms with Gasteiger partial charge in [-0.25, -0.2) is 9.59 Å². The highest BCUT2D eigenvalue weighted by Gasteiger charge is 2.27. The molecule has 156 valence electrons. The Kier molecular flexibility index (Phi) is 10.1. The van der Waals surface area contributed by atoms with Gasteiger partial charge in [-0.15, -0.1) is 0 Å². The van der Waals surface area contributed by atoms with E-state index in [0.717, 1.165) is 18.4 Å². The van der Waals surface area contributed by atoms with E-state index in [1.165, 1.54) is 0 Å². The van der Waals surface area contributed by atoms with Crippen molar-refractivity contribution >= 4 is 18.0 Å². The van der Waals surface area contributed by atoms with E-state index < -0.39 is 23.7 Å². The molecule has 2 N–H and O–H groups in total. The van der Waals surface area contributed by atoms with Crippen LogP contribution in [0.2, 0.25) is 0 Å². The van der Waals surface area contributed by atoms with Crippen molar-refractivity contribution in [2.75, 3.05) is 6.54 Å². The van der Waals surface area contributed by atoms with Crippen molar-refractivity contribution < 1.29 is 23.9 Å². The molecule has 0 aliphatic heterocycles. The summed E-state index contributed by atoms with van der Waals surface area (Å²) in [7, 11) is 0. The number of rotatable bonds is 10. The molecule has 0 saturated heterocycles. The molecule has 1 rings (SSSR count). The minimum atomic E-state index is -0.959. The van der Waals surface area contributed by atoms with E-state index in [9.17, 15) is 14.4 Å². The molecule has 1 aromatic carbocycles. The average molecular weight is 392 g/mol. The molecule has 0 radical (unpaired) electrons. The fourth-order valence-corrected chi connectivity index (χ4v) is 2.30. The summed E-state index contributed by atoms with van der Waals surface area (Å²) in [6.45, 7) is 7.95. The molecule has 0 spiro atoms. The first-order chi connectivity index (χ1) is 13.2. The number of carbonyl (C=O) groups is 3. The average Bonchev–Trinajstić information content (AvgIpc) is 2.63. The topological polar surface area (TPSA) is 93.7 Å². The molecule has 0 heterocycles. The lowest BCUT2D eigenvalue weighted by Crippen LogP contribution is -2.45. The van der Waals surface area contributed by atoms with Crippen LogP contribution in [0.15, 0.2) is 30.3 Å². The predicted octanol–water partition coefficient (Wildman–Crippen LogP) is 3.32. The van der Waals surface area contributed by atoms with E-state index in [-0.39, 0.29) is 25.4 Å². The molecule has 0 aliphatic carbocycles. The van der Waals surface area contributed by atoms with Crippen molar-refractivity contribution in [3.63, 3.8) is 0 Å². The summed E-state index contributed by atoms with van der Waals surface area (Å²) in [4.78, 5) is 36.4. The van der Waals surface area contributed by atoms with Crippen molar-refractivity contribution in [3.05, 3.63) is 35.9 Å². The van der Waals surface area contributed by atoms with Crippen LogP contribution in [0.3, 0.4) is 0 Å². The standard InChI is InChI=1S/C21H32N2O5/c1-5-6-14-22-18(24)13-12-17(19(25)28-21(2,3)4)23-20(26)27-15-16-10-8-7-9-11-16/h7-11,17H,5-6,12-15H2,1-4H3,(H,22,24)(H,23,26)/t17-/m0/s1. The monoisotopic (exact) mass is 392 g/mol. The maximum absolute atomic E-state index is 12.4. The van der Waals surface area contributed by atoms with Crippen LogP contribution in [0.4, 0.5) is 4.79 Å². The zero-order chi connectivity index (χ0) is 21.0. The molecule has 7 nitrogen and oxygen atoms in total. The first kappa shape index (κ1) is 23.5. The highest BCUT2D eigenvalue weighted by Crippen LogP contribution is 2.11. The van der Waals surface area contributed by atoms with Gasteiger partial charge in [0.2, 0.25) is 5.91 Å². The molecule has 2 amide bonds. The third-order valence-corrected chi connectivity index (χ3v) is 3.71. The van der Waals surface area contributed by atoms with Gasteiger partial charge in [0, 0.05) is 13.0 Å². The fourth-order valence-electron chi connectivity index (χ4n) is 2.30. The van der Waals surface area contributed by atoms with Crippen molar-refractivity contribution in [1.82, 2.24) is 10.6 Å². The van der Waals surface area contributed by atoms with E-state index >= 15 is 0 Å². The normalized spacial score (nSPS) is 12.0. The largest absolute Gasteiger partial charge is 0.458 e. The summed E-state index contributed by atoms with van der Waals surface area (Å²) in [5.74, 6) is -0.757. The number of amides is 2. The lowest BCUT2D eigenvalue weighted by Gasteiger charge is -2.24. The third kappa shape index (κ3) is 10.5. The Morgan fingerprint density at radius 3 is 2.39 bits per heavy atom. The Bertz CT molecular complexity index is 625. The molecular weight excluding hydrogens is 360 g/mol. The number of nitrogens with one attached hydrogen (secondary N) is 2. The minimum absolute atomic E-state index is 0.0885. The zero-order valence-corrected chi connectivity index (χ0v) is 17.2. The van der Waals surface area contributed by atoms with Crippen LogP contribution in [-0.2, 0) is 25.7 Å². The number of carbonyl (C=O) groups excluding carboxylic acids is 3. The first-order valence-corrected chi connectivity index (χ1v) is 9.68. The lowest BCUT2D eigenvalue weighted by atomic mass is 10.1. The summed E-state index contributed by atoms with van der Waals surface area (Å²) < 4.78 is 10.5. The van der Waals surface area contributed by atoms with Gasteiger partial charge in [-0.2, -0.15) is 0 Å². The predicted molar refractivity (Wildman–Crippen MR) is 107 cm³/mol. The quantitative estimate of drug-likeness (QED) is 0.471. The van der Waals surface area contributed by atoms with Crippen molar-refractivity contribution in [1.29, 1.82) is 0 Å². The SMILES string of the molecule is CCCCNC(=O)CC[C@H](NC(=O)OCc1ccccc1)C(=O)OC(C)(C)C. The second-order valence-corrected chi connectivity index (χ2v) is 7.53. The maximum atomic E-state index is 12.4. The summed E-state index contributed by atoms with van der Waals surface area (Å²) in [5.41, 5.74) is 0.135. The van der Waals surface area contributed by atoms with Crippen LogP contribution in [0.25, 0.3) is 0 Å². The van der Waals surface area contributed by atoms with Gasteiger partial charge in [0.1, 0.15) is 18.2 Å². The van der Waals surface area contributed by atoms with Crippen molar-refractivity contribution in [2.24, 2.45) is 0 Å². The molecule has 0 bridgehead atoms. The van der Waals surface area contributed by atoms with Gasteiger partial charge in [0.05, 0.1) is 0 Å². The number of unbranched alkanes of at least 4 members (excludes halogenated alkanes) is 1. The summed E-state index contributed by atoms with van der Waals surface area (Å²) >= 11 is 0. The third-order valence-electron chi connectivity index (χ3n) is 3.71. The van der Waals surface area contributed by atoms with Gasteiger partial charge >= 0.3 is 12.1 Å². The van der Waals surface area contributed by atoms with E-state index in [2.05, 4.69) is 10.6 Å². The second-order valence-electron chi connectivity index (χ2n) is 7.53. The number of benzene rings is 1. The molecule has 0 aromatic heterocycles. The van der Waals surface area contributed by atoms with Gasteiger partial charge in [-0.1, -0.05) is 43.7 Å². The molecule has 0 unspecified atom stereocenters. The van der Waals surface area contributed by atoms with E-state index in [0.29, 0.717) is 6.54 Å². The fraction of sp³-hybridized carbons (Fsp3) is 0.571. The smallest absolute Gasteiger partial charge is 0.408 e. The van der Waals surface area contributed by atoms with Gasteiger partial charge in [-0.05, 0) is 39.2 Å². The van der Waals surface area contributed by atoms with Crippen LogP contribution in [0.5, 0.6) is 0 Å². The molecule has 28 heavy (non-hydrogen) atoms. The molecule has 0 saturated carbocycles. The Balaban J connectivity index is 2.59. The molecule has 7 heteroatoms. The molecule has 1 atom stereocenters. The van der Waals surface area contributed by atoms with Crippen LogP contribution < -0.4 is 10.6 Å². The number of esters is 1. The molecule has 0 aliphatic rings. The zero-order valence-electron chi connectivity index (χ0n) is 17.2. The van der Waals surface area contributed by atoms with E-state index in [4.69, 9.17) is 9.47 Å². The second kappa shape index (κ2) is 12.0.